The number of hydrazone groups is 1. The average Bonchev–Trinajstić information content (AvgIpc) is 2.95. The molecule has 1 saturated heterocycles. The number of pyridine rings is 1. The van der Waals surface area contributed by atoms with E-state index in [0.29, 0.717) is 31.6 Å². The van der Waals surface area contributed by atoms with Gasteiger partial charge in [0.15, 0.2) is 5.82 Å². The number of rotatable bonds is 8. The second-order valence-corrected chi connectivity index (χ2v) is 8.67. The summed E-state index contributed by atoms with van der Waals surface area (Å²) in [5.41, 5.74) is 5.88. The number of nitrogens with zero attached hydrogens (tertiary/aromatic N) is 5. The summed E-state index contributed by atoms with van der Waals surface area (Å²) in [5, 5.41) is 4.36. The highest BCUT2D eigenvalue weighted by molar-refractivity contribution is 5.80. The highest BCUT2D eigenvalue weighted by atomic mass is 16.5. The molecule has 200 valence electrons. The molecule has 0 saturated carbocycles. The minimum atomic E-state index is -0.295. The maximum Gasteiger partial charge on any atom is 0.320 e. The number of anilines is 2. The van der Waals surface area contributed by atoms with E-state index in [2.05, 4.69) is 63.3 Å². The van der Waals surface area contributed by atoms with Gasteiger partial charge in [-0.25, -0.2) is 0 Å². The van der Waals surface area contributed by atoms with Crippen LogP contribution in [0.2, 0.25) is 0 Å². The molecule has 1 aliphatic heterocycles. The first-order valence-electron chi connectivity index (χ1n) is 13.1. The molecule has 37 heavy (non-hydrogen) atoms. The van der Waals surface area contributed by atoms with Gasteiger partial charge in [-0.3, -0.25) is 10.4 Å². The van der Waals surface area contributed by atoms with E-state index in [1.807, 2.05) is 64.1 Å². The lowest BCUT2D eigenvalue weighted by Gasteiger charge is -2.28. The molecule has 1 aromatic carbocycles. The number of ether oxygens (including phenoxy) is 2. The normalized spacial score (nSPS) is 13.2. The van der Waals surface area contributed by atoms with Crippen molar-refractivity contribution in [2.75, 3.05) is 43.2 Å². The Labute approximate surface area is 222 Å². The van der Waals surface area contributed by atoms with Gasteiger partial charge in [0.25, 0.3) is 0 Å². The lowest BCUT2D eigenvalue weighted by Crippen LogP contribution is -2.37. The van der Waals surface area contributed by atoms with Crippen LogP contribution in [0.25, 0.3) is 0 Å². The van der Waals surface area contributed by atoms with Gasteiger partial charge in [-0.05, 0) is 24.6 Å². The molecule has 0 radical (unpaired) electrons. The summed E-state index contributed by atoms with van der Waals surface area (Å²) in [6.45, 7) is 17.5. The van der Waals surface area contributed by atoms with Crippen molar-refractivity contribution in [2.45, 2.75) is 53.9 Å². The number of hydrogen-bond donors (Lipinski definition) is 1. The van der Waals surface area contributed by atoms with E-state index in [4.69, 9.17) is 9.47 Å². The summed E-state index contributed by atoms with van der Waals surface area (Å²) in [5.74, 6) is 1.35. The number of aromatic nitrogens is 3. The highest BCUT2D eigenvalue weighted by Crippen LogP contribution is 2.24. The van der Waals surface area contributed by atoms with Crippen molar-refractivity contribution in [1.29, 1.82) is 0 Å². The zero-order chi connectivity index (χ0) is 27.1. The fraction of sp³-hybridized carbons (Fsp3) is 0.448. The van der Waals surface area contributed by atoms with Crippen molar-refractivity contribution < 1.29 is 9.47 Å². The van der Waals surface area contributed by atoms with Crippen molar-refractivity contribution in [2.24, 2.45) is 5.10 Å². The van der Waals surface area contributed by atoms with E-state index in [9.17, 15) is 0 Å². The maximum atomic E-state index is 6.07. The third kappa shape index (κ3) is 9.46. The Balaban J connectivity index is 0.00000115. The van der Waals surface area contributed by atoms with Crippen LogP contribution < -0.4 is 15.1 Å². The number of morpholine rings is 1. The zero-order valence-corrected chi connectivity index (χ0v) is 23.4. The summed E-state index contributed by atoms with van der Waals surface area (Å²) in [6, 6.07) is 16.2. The lowest BCUT2D eigenvalue weighted by atomic mass is 9.90. The Kier molecular flexibility index (Phi) is 12.5. The largest absolute Gasteiger partial charge is 0.462 e. The predicted molar refractivity (Wildman–Crippen MR) is 153 cm³/mol. The molecule has 2 aromatic heterocycles. The molecular weight excluding hydrogens is 464 g/mol. The van der Waals surface area contributed by atoms with Crippen LogP contribution >= 0.6 is 0 Å². The quantitative estimate of drug-likeness (QED) is 0.302. The first-order valence-corrected chi connectivity index (χ1v) is 13.1. The van der Waals surface area contributed by atoms with Crippen molar-refractivity contribution in [3.05, 3.63) is 71.5 Å². The lowest BCUT2D eigenvalue weighted by molar-refractivity contribution is 0.122. The molecule has 0 unspecified atom stereocenters. The molecule has 0 atom stereocenters. The third-order valence-electron chi connectivity index (χ3n) is 5.38. The zero-order valence-electron chi connectivity index (χ0n) is 23.4. The van der Waals surface area contributed by atoms with Gasteiger partial charge in [-0.1, -0.05) is 77.4 Å². The minimum Gasteiger partial charge on any atom is -0.462 e. The van der Waals surface area contributed by atoms with E-state index in [0.717, 1.165) is 30.2 Å². The van der Waals surface area contributed by atoms with Crippen LogP contribution in [0.15, 0.2) is 59.8 Å². The number of benzene rings is 1. The number of hydrogen-bond acceptors (Lipinski definition) is 8. The van der Waals surface area contributed by atoms with Crippen LogP contribution in [0.3, 0.4) is 0 Å². The molecule has 8 nitrogen and oxygen atoms in total. The molecule has 1 aliphatic rings. The maximum absolute atomic E-state index is 6.07. The number of aryl methyl sites for hydroxylation is 1. The van der Waals surface area contributed by atoms with E-state index < -0.39 is 0 Å². The summed E-state index contributed by atoms with van der Waals surface area (Å²) < 4.78 is 11.5. The van der Waals surface area contributed by atoms with Crippen molar-refractivity contribution >= 4 is 17.9 Å². The van der Waals surface area contributed by atoms with Crippen LogP contribution in [-0.4, -0.2) is 54.1 Å². The molecule has 0 spiro atoms. The highest BCUT2D eigenvalue weighted by Gasteiger charge is 2.24. The molecule has 0 bridgehead atoms. The summed E-state index contributed by atoms with van der Waals surface area (Å²) in [7, 11) is 0. The van der Waals surface area contributed by atoms with Crippen LogP contribution in [0.1, 0.15) is 58.4 Å². The Morgan fingerprint density at radius 3 is 2.46 bits per heavy atom. The van der Waals surface area contributed by atoms with Crippen molar-refractivity contribution in [3.8, 4) is 6.01 Å². The van der Waals surface area contributed by atoms with Gasteiger partial charge in [0, 0.05) is 36.5 Å². The average molecular weight is 507 g/mol. The van der Waals surface area contributed by atoms with Gasteiger partial charge in [-0.2, -0.15) is 15.1 Å². The molecule has 3 aromatic rings. The van der Waals surface area contributed by atoms with E-state index in [1.165, 1.54) is 5.56 Å². The molecule has 0 aliphatic carbocycles. The van der Waals surface area contributed by atoms with Gasteiger partial charge < -0.3 is 14.4 Å². The monoisotopic (exact) mass is 506 g/mol. The van der Waals surface area contributed by atoms with E-state index in [1.54, 1.807) is 12.4 Å². The summed E-state index contributed by atoms with van der Waals surface area (Å²) in [4.78, 5) is 15.8. The smallest absolute Gasteiger partial charge is 0.320 e. The van der Waals surface area contributed by atoms with Gasteiger partial charge in [0.1, 0.15) is 12.4 Å². The molecular formula is C29H42N6O2. The van der Waals surface area contributed by atoms with E-state index in [-0.39, 0.29) is 5.41 Å². The third-order valence-corrected chi connectivity index (χ3v) is 5.38. The van der Waals surface area contributed by atoms with Crippen molar-refractivity contribution in [3.63, 3.8) is 0 Å². The molecule has 1 N–H and O–H groups in total. The van der Waals surface area contributed by atoms with Gasteiger partial charge >= 0.3 is 6.01 Å². The predicted octanol–water partition coefficient (Wildman–Crippen LogP) is 5.87. The van der Waals surface area contributed by atoms with E-state index >= 15 is 0 Å². The minimum absolute atomic E-state index is 0.295. The van der Waals surface area contributed by atoms with Gasteiger partial charge in [-0.15, -0.1) is 0 Å². The first-order chi connectivity index (χ1) is 18.0. The van der Waals surface area contributed by atoms with Gasteiger partial charge in [0.2, 0.25) is 0 Å². The Morgan fingerprint density at radius 1 is 1.03 bits per heavy atom. The second-order valence-electron chi connectivity index (χ2n) is 8.67. The Morgan fingerprint density at radius 2 is 1.78 bits per heavy atom. The SMILES string of the molecule is CC.CC.Cc1cccc(/C=N/Nc2cc(N3CCOCC3)nc(OCC(C)(C)c3ccccn3)n2)c1. The Bertz CT molecular complexity index is 1080. The van der Waals surface area contributed by atoms with Crippen molar-refractivity contribution in [1.82, 2.24) is 15.0 Å². The van der Waals surface area contributed by atoms with Crippen LogP contribution in [0.5, 0.6) is 6.01 Å². The fourth-order valence-corrected chi connectivity index (χ4v) is 3.49. The molecule has 8 heteroatoms. The standard InChI is InChI=1S/C25H30N6O2.2C2H6/c1-19-7-6-8-20(15-19)17-27-30-22-16-23(31-11-13-32-14-12-31)29-24(28-22)33-18-25(2,3)21-9-4-5-10-26-21;2*1-2/h4-10,15-17H,11-14,18H2,1-3H3,(H,28,29,30);2*1-2H3/b27-17+;;. The topological polar surface area (TPSA) is 84.8 Å². The fourth-order valence-electron chi connectivity index (χ4n) is 3.49. The van der Waals surface area contributed by atoms with Crippen LogP contribution in [0, 0.1) is 6.92 Å². The van der Waals surface area contributed by atoms with Crippen LogP contribution in [0.4, 0.5) is 11.6 Å². The second kappa shape index (κ2) is 15.6. The Hall–Kier alpha value is -3.52. The first kappa shape index (κ1) is 29.7. The summed E-state index contributed by atoms with van der Waals surface area (Å²) in [6.07, 6.45) is 3.56. The van der Waals surface area contributed by atoms with Crippen LogP contribution in [-0.2, 0) is 10.2 Å². The summed E-state index contributed by atoms with van der Waals surface area (Å²) >= 11 is 0. The molecule has 3 heterocycles. The molecule has 1 fully saturated rings. The molecule has 4 rings (SSSR count). The number of nitrogens with one attached hydrogen (secondary N) is 1. The molecule has 0 amide bonds. The van der Waals surface area contributed by atoms with Gasteiger partial charge in [0.05, 0.1) is 19.4 Å².